The van der Waals surface area contributed by atoms with Gasteiger partial charge in [-0.25, -0.2) is 14.2 Å². The molecule has 2 rings (SSSR count). The normalized spacial score (nSPS) is 11.9. The topological polar surface area (TPSA) is 79.2 Å². The number of nitrogens with zero attached hydrogens (tertiary/aromatic N) is 2. The van der Waals surface area contributed by atoms with Crippen LogP contribution in [0.1, 0.15) is 11.7 Å². The third-order valence-electron chi connectivity index (χ3n) is 2.90. The number of amides is 2. The SMILES string of the molecule is O=C(NCCn1ccnc1)NC[C@H](O)c1cccc(F)c1. The van der Waals surface area contributed by atoms with Crippen molar-refractivity contribution in [2.45, 2.75) is 12.6 Å². The fourth-order valence-corrected chi connectivity index (χ4v) is 1.80. The van der Waals surface area contributed by atoms with E-state index in [-0.39, 0.29) is 12.6 Å². The molecule has 1 atom stereocenters. The van der Waals surface area contributed by atoms with E-state index in [1.807, 2.05) is 4.57 Å². The Kier molecular flexibility index (Phi) is 5.28. The second-order valence-corrected chi connectivity index (χ2v) is 4.51. The number of aliphatic hydroxyl groups excluding tert-OH is 1. The molecular weight excluding hydrogens is 275 g/mol. The molecule has 0 bridgehead atoms. The van der Waals surface area contributed by atoms with Crippen molar-refractivity contribution in [2.24, 2.45) is 0 Å². The summed E-state index contributed by atoms with van der Waals surface area (Å²) in [5.74, 6) is -0.420. The number of hydrogen-bond acceptors (Lipinski definition) is 3. The van der Waals surface area contributed by atoms with Gasteiger partial charge in [-0.15, -0.1) is 0 Å². The van der Waals surface area contributed by atoms with Crippen LogP contribution in [0.3, 0.4) is 0 Å². The zero-order valence-corrected chi connectivity index (χ0v) is 11.4. The van der Waals surface area contributed by atoms with Crippen LogP contribution in [0, 0.1) is 5.82 Å². The van der Waals surface area contributed by atoms with Crippen molar-refractivity contribution in [3.05, 3.63) is 54.4 Å². The molecule has 112 valence electrons. The highest BCUT2D eigenvalue weighted by molar-refractivity contribution is 5.73. The summed E-state index contributed by atoms with van der Waals surface area (Å²) in [6.45, 7) is 1.07. The Morgan fingerprint density at radius 1 is 1.43 bits per heavy atom. The average molecular weight is 292 g/mol. The Bertz CT molecular complexity index is 574. The summed E-state index contributed by atoms with van der Waals surface area (Å²) >= 11 is 0. The van der Waals surface area contributed by atoms with E-state index in [0.29, 0.717) is 18.7 Å². The van der Waals surface area contributed by atoms with Gasteiger partial charge >= 0.3 is 6.03 Å². The molecule has 0 aliphatic rings. The molecule has 1 heterocycles. The smallest absolute Gasteiger partial charge is 0.314 e. The molecule has 0 radical (unpaired) electrons. The van der Waals surface area contributed by atoms with E-state index in [2.05, 4.69) is 15.6 Å². The van der Waals surface area contributed by atoms with Crippen LogP contribution in [0.4, 0.5) is 9.18 Å². The van der Waals surface area contributed by atoms with Crippen molar-refractivity contribution in [3.63, 3.8) is 0 Å². The highest BCUT2D eigenvalue weighted by atomic mass is 19.1. The molecule has 0 aliphatic carbocycles. The Balaban J connectivity index is 1.68. The standard InChI is InChI=1S/C14H17FN4O2/c15-12-3-1-2-11(8-12)13(20)9-18-14(21)17-5-7-19-6-4-16-10-19/h1-4,6,8,10,13,20H,5,7,9H2,(H2,17,18,21)/t13-/m0/s1. The maximum absolute atomic E-state index is 13.0. The van der Waals surface area contributed by atoms with E-state index < -0.39 is 11.9 Å². The molecular formula is C14H17FN4O2. The fraction of sp³-hybridized carbons (Fsp3) is 0.286. The van der Waals surface area contributed by atoms with Gasteiger partial charge in [0.05, 0.1) is 12.4 Å². The van der Waals surface area contributed by atoms with Crippen LogP contribution in [0.2, 0.25) is 0 Å². The maximum Gasteiger partial charge on any atom is 0.314 e. The van der Waals surface area contributed by atoms with Crippen molar-refractivity contribution >= 4 is 6.03 Å². The Hall–Kier alpha value is -2.41. The monoisotopic (exact) mass is 292 g/mol. The summed E-state index contributed by atoms with van der Waals surface area (Å²) < 4.78 is 14.8. The van der Waals surface area contributed by atoms with Crippen LogP contribution in [-0.2, 0) is 6.54 Å². The van der Waals surface area contributed by atoms with Gasteiger partial charge in [0.1, 0.15) is 5.82 Å². The lowest BCUT2D eigenvalue weighted by Crippen LogP contribution is -2.39. The average Bonchev–Trinajstić information content (AvgIpc) is 2.98. The lowest BCUT2D eigenvalue weighted by Gasteiger charge is -2.13. The Labute approximate surface area is 121 Å². The van der Waals surface area contributed by atoms with E-state index in [4.69, 9.17) is 0 Å². The largest absolute Gasteiger partial charge is 0.387 e. The molecule has 3 N–H and O–H groups in total. The third kappa shape index (κ3) is 4.88. The predicted octanol–water partition coefficient (Wildman–Crippen LogP) is 1.05. The van der Waals surface area contributed by atoms with Crippen LogP contribution < -0.4 is 10.6 Å². The second-order valence-electron chi connectivity index (χ2n) is 4.51. The van der Waals surface area contributed by atoms with Crippen molar-refractivity contribution in [3.8, 4) is 0 Å². The van der Waals surface area contributed by atoms with Crippen LogP contribution in [0.25, 0.3) is 0 Å². The number of urea groups is 1. The van der Waals surface area contributed by atoms with E-state index in [1.54, 1.807) is 24.8 Å². The van der Waals surface area contributed by atoms with Gasteiger partial charge in [0.2, 0.25) is 0 Å². The van der Waals surface area contributed by atoms with Crippen molar-refractivity contribution in [1.82, 2.24) is 20.2 Å². The highest BCUT2D eigenvalue weighted by Crippen LogP contribution is 2.12. The third-order valence-corrected chi connectivity index (χ3v) is 2.90. The number of aromatic nitrogens is 2. The first-order chi connectivity index (χ1) is 10.1. The Morgan fingerprint density at radius 2 is 2.29 bits per heavy atom. The van der Waals surface area contributed by atoms with E-state index in [9.17, 15) is 14.3 Å². The van der Waals surface area contributed by atoms with Gasteiger partial charge in [-0.1, -0.05) is 12.1 Å². The second kappa shape index (κ2) is 7.39. The van der Waals surface area contributed by atoms with E-state index >= 15 is 0 Å². The zero-order chi connectivity index (χ0) is 15.1. The number of hydrogen-bond donors (Lipinski definition) is 3. The quantitative estimate of drug-likeness (QED) is 0.744. The van der Waals surface area contributed by atoms with Gasteiger partial charge in [0.25, 0.3) is 0 Å². The first-order valence-electron chi connectivity index (χ1n) is 6.56. The van der Waals surface area contributed by atoms with Gasteiger partial charge in [-0.2, -0.15) is 0 Å². The first-order valence-corrected chi connectivity index (χ1v) is 6.56. The number of carbonyl (C=O) groups excluding carboxylic acids is 1. The predicted molar refractivity (Wildman–Crippen MR) is 75.0 cm³/mol. The molecule has 0 spiro atoms. The van der Waals surface area contributed by atoms with Gasteiger partial charge in [-0.3, -0.25) is 0 Å². The molecule has 0 saturated carbocycles. The number of nitrogens with one attached hydrogen (secondary N) is 2. The summed E-state index contributed by atoms with van der Waals surface area (Å²) in [7, 11) is 0. The number of imidazole rings is 1. The Morgan fingerprint density at radius 3 is 3.00 bits per heavy atom. The van der Waals surface area contributed by atoms with Crippen LogP contribution in [0.15, 0.2) is 43.0 Å². The van der Waals surface area contributed by atoms with E-state index in [1.165, 1.54) is 18.2 Å². The minimum atomic E-state index is -0.944. The molecule has 0 saturated heterocycles. The molecule has 0 fully saturated rings. The molecule has 0 aliphatic heterocycles. The number of carbonyl (C=O) groups is 1. The summed E-state index contributed by atoms with van der Waals surface area (Å²) in [6, 6.07) is 5.27. The number of aliphatic hydroxyl groups is 1. The van der Waals surface area contributed by atoms with Gasteiger partial charge < -0.3 is 20.3 Å². The maximum atomic E-state index is 13.0. The number of benzene rings is 1. The highest BCUT2D eigenvalue weighted by Gasteiger charge is 2.09. The van der Waals surface area contributed by atoms with Gasteiger partial charge in [-0.05, 0) is 17.7 Å². The van der Waals surface area contributed by atoms with Crippen molar-refractivity contribution < 1.29 is 14.3 Å². The van der Waals surface area contributed by atoms with Crippen LogP contribution in [0.5, 0.6) is 0 Å². The first kappa shape index (κ1) is 15.0. The number of halogens is 1. The van der Waals surface area contributed by atoms with Gasteiger partial charge in [0, 0.05) is 32.0 Å². The van der Waals surface area contributed by atoms with Gasteiger partial charge in [0.15, 0.2) is 0 Å². The van der Waals surface area contributed by atoms with Crippen molar-refractivity contribution in [1.29, 1.82) is 0 Å². The molecule has 7 heteroatoms. The molecule has 2 amide bonds. The molecule has 2 aromatic rings. The summed E-state index contributed by atoms with van der Waals surface area (Å²) in [5.41, 5.74) is 0.425. The zero-order valence-electron chi connectivity index (χ0n) is 11.4. The lowest BCUT2D eigenvalue weighted by atomic mass is 10.1. The lowest BCUT2D eigenvalue weighted by molar-refractivity contribution is 0.172. The minimum absolute atomic E-state index is 0.0142. The molecule has 1 aromatic heterocycles. The minimum Gasteiger partial charge on any atom is -0.387 e. The summed E-state index contributed by atoms with van der Waals surface area (Å²) in [5, 5.41) is 15.0. The van der Waals surface area contributed by atoms with Crippen LogP contribution >= 0.6 is 0 Å². The molecule has 0 unspecified atom stereocenters. The molecule has 21 heavy (non-hydrogen) atoms. The van der Waals surface area contributed by atoms with E-state index in [0.717, 1.165) is 0 Å². The van der Waals surface area contributed by atoms with Crippen molar-refractivity contribution in [2.75, 3.05) is 13.1 Å². The molecule has 6 nitrogen and oxygen atoms in total. The summed E-state index contributed by atoms with van der Waals surface area (Å²) in [4.78, 5) is 15.4. The molecule has 1 aromatic carbocycles. The summed E-state index contributed by atoms with van der Waals surface area (Å²) in [6.07, 6.45) is 4.18. The number of rotatable bonds is 6. The van der Waals surface area contributed by atoms with Crippen LogP contribution in [-0.4, -0.2) is 33.8 Å². The fourth-order valence-electron chi connectivity index (χ4n) is 1.80.